The van der Waals surface area contributed by atoms with Crippen LogP contribution >= 0.6 is 0 Å². The summed E-state index contributed by atoms with van der Waals surface area (Å²) >= 11 is 0. The number of rotatable bonds is 6. The summed E-state index contributed by atoms with van der Waals surface area (Å²) in [5.41, 5.74) is 4.99. The average molecular weight is 876 g/mol. The van der Waals surface area contributed by atoms with Crippen LogP contribution in [0.15, 0.2) is 126 Å². The molecule has 0 unspecified atom stereocenters. The van der Waals surface area contributed by atoms with E-state index in [1.807, 2.05) is 36.4 Å². The van der Waals surface area contributed by atoms with Gasteiger partial charge in [0.15, 0.2) is 0 Å². The van der Waals surface area contributed by atoms with Crippen LogP contribution in [0.25, 0.3) is 16.7 Å². The lowest BCUT2D eigenvalue weighted by molar-refractivity contribution is 1.40. The molecule has 0 spiro atoms. The SMILES string of the molecule is CC#N.N#Cc1ccc(C(=C2C(=C(c3ccc(C#N)c(C#N)c3)c3ccc(C#N)c(C#N)c3)C2=C(c2ccc(C#N)c(C#N)c2)c2ccc(C#N)c(C#N)c2)c2ccc(C#N)c(C#N)c2)cc1C#N. The molecule has 1 saturated carbocycles. The van der Waals surface area contributed by atoms with E-state index in [1.54, 1.807) is 42.5 Å². The minimum Gasteiger partial charge on any atom is -0.199 e. The molecule has 13 heteroatoms. The van der Waals surface area contributed by atoms with Crippen LogP contribution in [0.1, 0.15) is 107 Å². The van der Waals surface area contributed by atoms with Gasteiger partial charge in [0.05, 0.1) is 72.8 Å². The fraction of sp³-hybridized carbons (Fsp3) is 0.0179. The van der Waals surface area contributed by atoms with Gasteiger partial charge in [0.25, 0.3) is 0 Å². The van der Waals surface area contributed by atoms with E-state index in [4.69, 9.17) is 5.26 Å². The molecule has 0 amide bonds. The molecule has 6 aromatic rings. The third-order valence-electron chi connectivity index (χ3n) is 10.7. The molecule has 1 fully saturated rings. The maximum atomic E-state index is 10.3. The summed E-state index contributed by atoms with van der Waals surface area (Å²) in [7, 11) is 0. The maximum Gasteiger partial charge on any atom is 0.101 e. The molecule has 6 aromatic carbocycles. The molecule has 0 atom stereocenters. The van der Waals surface area contributed by atoms with Crippen molar-refractivity contribution in [1.29, 1.82) is 68.4 Å². The molecule has 310 valence electrons. The summed E-state index contributed by atoms with van der Waals surface area (Å²) in [6.07, 6.45) is 0. The van der Waals surface area contributed by atoms with Gasteiger partial charge in [-0.2, -0.15) is 68.4 Å². The van der Waals surface area contributed by atoms with Crippen LogP contribution in [0.3, 0.4) is 0 Å². The molecule has 0 heterocycles. The summed E-state index contributed by atoms with van der Waals surface area (Å²) in [5, 5.41) is 128. The number of allylic oxidation sites excluding steroid dienone is 3. The first-order chi connectivity index (χ1) is 33.6. The van der Waals surface area contributed by atoms with Crippen LogP contribution in [0.2, 0.25) is 0 Å². The average Bonchev–Trinajstić information content (AvgIpc) is 4.10. The monoisotopic (exact) mass is 875 g/mol. The largest absolute Gasteiger partial charge is 0.199 e. The van der Waals surface area contributed by atoms with E-state index in [0.29, 0.717) is 66.8 Å². The number of benzene rings is 6. The quantitative estimate of drug-likeness (QED) is 0.151. The molecule has 7 rings (SSSR count). The Morgan fingerprint density at radius 1 is 0.232 bits per heavy atom. The zero-order valence-electron chi connectivity index (χ0n) is 35.7. The van der Waals surface area contributed by atoms with Crippen molar-refractivity contribution in [2.45, 2.75) is 6.92 Å². The van der Waals surface area contributed by atoms with Crippen LogP contribution in [0, 0.1) is 147 Å². The summed E-state index contributed by atoms with van der Waals surface area (Å²) in [4.78, 5) is 0. The van der Waals surface area contributed by atoms with Crippen LogP contribution in [-0.4, -0.2) is 0 Å². The van der Waals surface area contributed by atoms with Gasteiger partial charge in [-0.1, -0.05) is 36.4 Å². The first kappa shape index (κ1) is 46.4. The van der Waals surface area contributed by atoms with E-state index in [-0.39, 0.29) is 66.8 Å². The van der Waals surface area contributed by atoms with Crippen LogP contribution < -0.4 is 0 Å². The van der Waals surface area contributed by atoms with Gasteiger partial charge in [0.2, 0.25) is 0 Å². The first-order valence-corrected chi connectivity index (χ1v) is 19.8. The Kier molecular flexibility index (Phi) is 13.7. The van der Waals surface area contributed by atoms with Crippen molar-refractivity contribution >= 4 is 16.7 Å². The number of hydrogen-bond acceptors (Lipinski definition) is 13. The Labute approximate surface area is 395 Å². The standard InChI is InChI=1S/C54H18N12.C2H3N/c55-19-37-7-1-31(13-43(37)25-61)49(32-2-8-38(20-56)44(14-32)26-62)52-53(50(33-3-9-39(21-57)45(15-33)27-63)34-4-10-40(22-58)46(16-34)28-64)54(52)51(35-5-11-41(23-59)47(17-35)29-65)36-6-12-42(24-60)48(18-36)30-66;1-2-3/h1-18H;1H3. The highest BCUT2D eigenvalue weighted by Crippen LogP contribution is 2.60. The third kappa shape index (κ3) is 8.80. The Morgan fingerprint density at radius 2 is 0.362 bits per heavy atom. The topological polar surface area (TPSA) is 309 Å². The number of hydrogen-bond donors (Lipinski definition) is 0. The highest BCUT2D eigenvalue weighted by molar-refractivity contribution is 6.13. The maximum absolute atomic E-state index is 10.3. The fourth-order valence-electron chi connectivity index (χ4n) is 7.64. The second-order valence-electron chi connectivity index (χ2n) is 14.4. The molecule has 13 nitrogen and oxygen atoms in total. The van der Waals surface area contributed by atoms with Crippen molar-refractivity contribution in [2.75, 3.05) is 0 Å². The Bertz CT molecular complexity index is 3310. The fourth-order valence-corrected chi connectivity index (χ4v) is 7.64. The first-order valence-electron chi connectivity index (χ1n) is 19.8. The molecule has 1 aliphatic rings. The lowest BCUT2D eigenvalue weighted by Gasteiger charge is -2.12. The van der Waals surface area contributed by atoms with E-state index in [1.165, 1.54) is 79.7 Å². The van der Waals surface area contributed by atoms with Crippen LogP contribution in [0.4, 0.5) is 0 Å². The predicted octanol–water partition coefficient (Wildman–Crippen LogP) is 9.50. The molecule has 1 aliphatic carbocycles. The van der Waals surface area contributed by atoms with E-state index in [0.717, 1.165) is 0 Å². The molecular weight excluding hydrogens is 855 g/mol. The van der Waals surface area contributed by atoms with E-state index >= 15 is 0 Å². The Morgan fingerprint density at radius 3 is 0.478 bits per heavy atom. The molecule has 0 bridgehead atoms. The van der Waals surface area contributed by atoms with E-state index in [9.17, 15) is 63.1 Å². The molecule has 69 heavy (non-hydrogen) atoms. The minimum atomic E-state index is 0.00687. The second-order valence-corrected chi connectivity index (χ2v) is 14.4. The van der Waals surface area contributed by atoms with Gasteiger partial charge in [0.1, 0.15) is 72.8 Å². The van der Waals surface area contributed by atoms with Crippen molar-refractivity contribution in [3.05, 3.63) is 226 Å². The lowest BCUT2D eigenvalue weighted by atomic mass is 9.90. The summed E-state index contributed by atoms with van der Waals surface area (Å²) in [6.45, 7) is 1.43. The molecule has 0 saturated heterocycles. The van der Waals surface area contributed by atoms with Crippen LogP contribution in [0.5, 0.6) is 0 Å². The van der Waals surface area contributed by atoms with E-state index < -0.39 is 0 Å². The molecule has 0 N–H and O–H groups in total. The number of nitrogens with zero attached hydrogens (tertiary/aromatic N) is 13. The second kappa shape index (κ2) is 20.4. The van der Waals surface area contributed by atoms with Gasteiger partial charge in [-0.15, -0.1) is 0 Å². The predicted molar refractivity (Wildman–Crippen MR) is 245 cm³/mol. The highest BCUT2D eigenvalue weighted by Gasteiger charge is 2.42. The van der Waals surface area contributed by atoms with Gasteiger partial charge in [-0.05, 0) is 140 Å². The zero-order valence-corrected chi connectivity index (χ0v) is 35.7. The van der Waals surface area contributed by atoms with E-state index in [2.05, 4.69) is 36.4 Å². The van der Waals surface area contributed by atoms with Gasteiger partial charge in [-0.25, -0.2) is 0 Å². The lowest BCUT2D eigenvalue weighted by Crippen LogP contribution is -1.96. The zero-order chi connectivity index (χ0) is 49.8. The molecule has 0 aromatic heterocycles. The normalized spacial score (nSPS) is 10.1. The minimum absolute atomic E-state index is 0.00687. The summed E-state index contributed by atoms with van der Waals surface area (Å²) in [5.74, 6) is 0. The summed E-state index contributed by atoms with van der Waals surface area (Å²) in [6, 6.07) is 53.6. The van der Waals surface area contributed by atoms with Gasteiger partial charge in [-0.3, -0.25) is 0 Å². The third-order valence-corrected chi connectivity index (χ3v) is 10.7. The smallest absolute Gasteiger partial charge is 0.101 e. The number of nitriles is 13. The summed E-state index contributed by atoms with van der Waals surface area (Å²) < 4.78 is 0. The Hall–Kier alpha value is -12.1. The van der Waals surface area contributed by atoms with Crippen molar-refractivity contribution < 1.29 is 0 Å². The van der Waals surface area contributed by atoms with Crippen molar-refractivity contribution in [3.63, 3.8) is 0 Å². The Balaban J connectivity index is 0.00000254. The molecule has 0 radical (unpaired) electrons. The van der Waals surface area contributed by atoms with Gasteiger partial charge in [0, 0.05) is 6.92 Å². The molecule has 0 aliphatic heterocycles. The highest BCUT2D eigenvalue weighted by atomic mass is 14.4. The van der Waals surface area contributed by atoms with Crippen molar-refractivity contribution in [3.8, 4) is 78.9 Å². The van der Waals surface area contributed by atoms with Gasteiger partial charge >= 0.3 is 0 Å². The van der Waals surface area contributed by atoms with Crippen molar-refractivity contribution in [1.82, 2.24) is 0 Å². The molecular formula is C56H21N13. The van der Waals surface area contributed by atoms with Crippen molar-refractivity contribution in [2.24, 2.45) is 0 Å². The van der Waals surface area contributed by atoms with Crippen LogP contribution in [-0.2, 0) is 0 Å². The van der Waals surface area contributed by atoms with Gasteiger partial charge < -0.3 is 0 Å².